The van der Waals surface area contributed by atoms with Crippen LogP contribution in [0.1, 0.15) is 22.9 Å². The lowest BCUT2D eigenvalue weighted by Crippen LogP contribution is -2.00. The number of anilines is 1. The van der Waals surface area contributed by atoms with Crippen LogP contribution >= 0.6 is 0 Å². The minimum atomic E-state index is 0.696. The number of aryl methyl sites for hydroxylation is 3. The van der Waals surface area contributed by atoms with Gasteiger partial charge in [0.05, 0.1) is 23.6 Å². The van der Waals surface area contributed by atoms with E-state index in [2.05, 4.69) is 17.3 Å². The first-order valence-corrected chi connectivity index (χ1v) is 5.37. The largest absolute Gasteiger partial charge is 0.465 e. The first-order valence-electron chi connectivity index (χ1n) is 5.37. The molecular weight excluding hydrogens is 202 g/mol. The molecule has 0 spiro atoms. The Kier molecular flexibility index (Phi) is 2.73. The Morgan fingerprint density at radius 1 is 1.31 bits per heavy atom. The molecule has 0 unspecified atom stereocenters. The second-order valence-electron chi connectivity index (χ2n) is 4.04. The van der Waals surface area contributed by atoms with Gasteiger partial charge in [0.1, 0.15) is 11.5 Å². The zero-order chi connectivity index (χ0) is 11.7. The van der Waals surface area contributed by atoms with Crippen molar-refractivity contribution in [1.82, 2.24) is 9.78 Å². The fraction of sp³-hybridized carbons (Fsp3) is 0.417. The van der Waals surface area contributed by atoms with E-state index in [0.29, 0.717) is 6.54 Å². The van der Waals surface area contributed by atoms with Crippen LogP contribution in [0.15, 0.2) is 16.5 Å². The predicted molar refractivity (Wildman–Crippen MR) is 63.5 cm³/mol. The van der Waals surface area contributed by atoms with Crippen molar-refractivity contribution in [2.24, 2.45) is 7.05 Å². The van der Waals surface area contributed by atoms with Crippen LogP contribution < -0.4 is 5.32 Å². The summed E-state index contributed by atoms with van der Waals surface area (Å²) in [6.45, 7) is 6.70. The quantitative estimate of drug-likeness (QED) is 0.862. The van der Waals surface area contributed by atoms with Crippen molar-refractivity contribution < 1.29 is 4.42 Å². The summed E-state index contributed by atoms with van der Waals surface area (Å²) < 4.78 is 7.38. The van der Waals surface area contributed by atoms with Gasteiger partial charge in [-0.05, 0) is 32.9 Å². The molecule has 2 rings (SSSR count). The van der Waals surface area contributed by atoms with Crippen LogP contribution in [0.3, 0.4) is 0 Å². The Hall–Kier alpha value is -1.71. The molecule has 0 radical (unpaired) electrons. The average Bonchev–Trinajstić information content (AvgIpc) is 2.72. The summed E-state index contributed by atoms with van der Waals surface area (Å²) >= 11 is 0. The van der Waals surface area contributed by atoms with Crippen molar-refractivity contribution in [3.05, 3.63) is 35.0 Å². The van der Waals surface area contributed by atoms with Gasteiger partial charge >= 0.3 is 0 Å². The molecule has 2 aromatic rings. The minimum absolute atomic E-state index is 0.696. The topological polar surface area (TPSA) is 43.0 Å². The number of nitrogens with one attached hydrogen (secondary N) is 1. The molecule has 0 amide bonds. The third kappa shape index (κ3) is 1.96. The van der Waals surface area contributed by atoms with E-state index in [0.717, 1.165) is 28.6 Å². The second kappa shape index (κ2) is 4.04. The molecule has 86 valence electrons. The standard InChI is InChI=1S/C12H17N3O/c1-8-5-6-11(16-8)7-13-12-9(2)14-15(4)10(12)3/h5-6,13H,7H2,1-4H3. The summed E-state index contributed by atoms with van der Waals surface area (Å²) in [6, 6.07) is 3.96. The van der Waals surface area contributed by atoms with E-state index >= 15 is 0 Å². The zero-order valence-electron chi connectivity index (χ0n) is 10.2. The highest BCUT2D eigenvalue weighted by Gasteiger charge is 2.09. The second-order valence-corrected chi connectivity index (χ2v) is 4.04. The molecule has 0 aliphatic carbocycles. The van der Waals surface area contributed by atoms with Crippen molar-refractivity contribution in [3.8, 4) is 0 Å². The van der Waals surface area contributed by atoms with Crippen molar-refractivity contribution in [2.75, 3.05) is 5.32 Å². The molecule has 16 heavy (non-hydrogen) atoms. The fourth-order valence-electron chi connectivity index (χ4n) is 1.79. The summed E-state index contributed by atoms with van der Waals surface area (Å²) in [7, 11) is 1.95. The van der Waals surface area contributed by atoms with Crippen LogP contribution in [0.5, 0.6) is 0 Å². The predicted octanol–water partition coefficient (Wildman–Crippen LogP) is 2.55. The molecule has 0 saturated heterocycles. The van der Waals surface area contributed by atoms with E-state index in [9.17, 15) is 0 Å². The molecule has 0 aliphatic heterocycles. The maximum atomic E-state index is 5.50. The van der Waals surface area contributed by atoms with Gasteiger partial charge in [0.25, 0.3) is 0 Å². The average molecular weight is 219 g/mol. The Balaban J connectivity index is 2.10. The number of aromatic nitrogens is 2. The Labute approximate surface area is 95.3 Å². The fourth-order valence-corrected chi connectivity index (χ4v) is 1.79. The molecule has 1 N–H and O–H groups in total. The van der Waals surface area contributed by atoms with E-state index < -0.39 is 0 Å². The first kappa shape index (κ1) is 10.8. The Morgan fingerprint density at radius 2 is 2.06 bits per heavy atom. The van der Waals surface area contributed by atoms with Crippen LogP contribution in [0.4, 0.5) is 5.69 Å². The van der Waals surface area contributed by atoms with E-state index in [-0.39, 0.29) is 0 Å². The monoisotopic (exact) mass is 219 g/mol. The van der Waals surface area contributed by atoms with Gasteiger partial charge in [-0.1, -0.05) is 0 Å². The third-order valence-corrected chi connectivity index (χ3v) is 2.74. The maximum absolute atomic E-state index is 5.50. The van der Waals surface area contributed by atoms with E-state index in [1.54, 1.807) is 0 Å². The number of hydrogen-bond acceptors (Lipinski definition) is 3. The highest BCUT2D eigenvalue weighted by atomic mass is 16.3. The van der Waals surface area contributed by atoms with Crippen LogP contribution in [-0.2, 0) is 13.6 Å². The first-order chi connectivity index (χ1) is 7.58. The molecule has 2 aromatic heterocycles. The maximum Gasteiger partial charge on any atom is 0.123 e. The van der Waals surface area contributed by atoms with Crippen molar-refractivity contribution >= 4 is 5.69 Å². The van der Waals surface area contributed by atoms with Crippen molar-refractivity contribution in [3.63, 3.8) is 0 Å². The van der Waals surface area contributed by atoms with Gasteiger partial charge in [0.15, 0.2) is 0 Å². The molecule has 4 nitrogen and oxygen atoms in total. The molecule has 0 fully saturated rings. The van der Waals surface area contributed by atoms with Gasteiger partial charge in [-0.25, -0.2) is 0 Å². The smallest absolute Gasteiger partial charge is 0.123 e. The number of furan rings is 1. The lowest BCUT2D eigenvalue weighted by atomic mass is 10.3. The molecule has 0 atom stereocenters. The third-order valence-electron chi connectivity index (χ3n) is 2.74. The molecule has 0 aromatic carbocycles. The number of hydrogen-bond donors (Lipinski definition) is 1. The van der Waals surface area contributed by atoms with Crippen molar-refractivity contribution in [2.45, 2.75) is 27.3 Å². The Bertz CT molecular complexity index is 496. The van der Waals surface area contributed by atoms with Gasteiger partial charge in [0.2, 0.25) is 0 Å². The molecule has 4 heteroatoms. The van der Waals surface area contributed by atoms with Gasteiger partial charge in [-0.3, -0.25) is 4.68 Å². The molecule has 2 heterocycles. The number of nitrogens with zero attached hydrogens (tertiary/aromatic N) is 2. The summed E-state index contributed by atoms with van der Waals surface area (Å²) in [5.41, 5.74) is 3.25. The summed E-state index contributed by atoms with van der Waals surface area (Å²) in [4.78, 5) is 0. The summed E-state index contributed by atoms with van der Waals surface area (Å²) in [5.74, 6) is 1.89. The van der Waals surface area contributed by atoms with Gasteiger partial charge < -0.3 is 9.73 Å². The van der Waals surface area contributed by atoms with Gasteiger partial charge in [0, 0.05) is 7.05 Å². The lowest BCUT2D eigenvalue weighted by Gasteiger charge is -2.04. The lowest BCUT2D eigenvalue weighted by molar-refractivity contribution is 0.490. The summed E-state index contributed by atoms with van der Waals surface area (Å²) in [5, 5.41) is 7.71. The Morgan fingerprint density at radius 3 is 2.56 bits per heavy atom. The SMILES string of the molecule is Cc1ccc(CNc2c(C)nn(C)c2C)o1. The van der Waals surface area contributed by atoms with E-state index in [4.69, 9.17) is 4.42 Å². The molecule has 0 bridgehead atoms. The van der Waals surface area contributed by atoms with Crippen LogP contribution in [-0.4, -0.2) is 9.78 Å². The molecular formula is C12H17N3O. The van der Waals surface area contributed by atoms with Gasteiger partial charge in [-0.2, -0.15) is 5.10 Å². The van der Waals surface area contributed by atoms with Crippen molar-refractivity contribution in [1.29, 1.82) is 0 Å². The molecule has 0 saturated carbocycles. The van der Waals surface area contributed by atoms with Crippen LogP contribution in [0, 0.1) is 20.8 Å². The highest BCUT2D eigenvalue weighted by Crippen LogP contribution is 2.19. The highest BCUT2D eigenvalue weighted by molar-refractivity contribution is 5.51. The minimum Gasteiger partial charge on any atom is -0.465 e. The zero-order valence-corrected chi connectivity index (χ0v) is 10.2. The summed E-state index contributed by atoms with van der Waals surface area (Å²) in [6.07, 6.45) is 0. The van der Waals surface area contributed by atoms with Crippen LogP contribution in [0.25, 0.3) is 0 Å². The van der Waals surface area contributed by atoms with E-state index in [1.165, 1.54) is 0 Å². The normalized spacial score (nSPS) is 10.8. The molecule has 0 aliphatic rings. The van der Waals surface area contributed by atoms with Gasteiger partial charge in [-0.15, -0.1) is 0 Å². The number of rotatable bonds is 3. The van der Waals surface area contributed by atoms with E-state index in [1.807, 2.05) is 37.7 Å². The van der Waals surface area contributed by atoms with Crippen LogP contribution in [0.2, 0.25) is 0 Å².